The molecule has 0 amide bonds. The van der Waals surface area contributed by atoms with E-state index in [-0.39, 0.29) is 11.4 Å². The van der Waals surface area contributed by atoms with Gasteiger partial charge in [-0.05, 0) is 32.3 Å². The van der Waals surface area contributed by atoms with E-state index in [1.165, 1.54) is 0 Å². The summed E-state index contributed by atoms with van der Waals surface area (Å²) in [6, 6.07) is 9.87. The highest BCUT2D eigenvalue weighted by Crippen LogP contribution is 2.74. The number of carbonyl (C=O) groups is 1. The lowest BCUT2D eigenvalue weighted by atomic mass is 9.82. The Morgan fingerprint density at radius 3 is 2.10 bits per heavy atom. The number of nitrogens with two attached hydrogens (primary N) is 1. The fourth-order valence-corrected chi connectivity index (χ4v) is 4.45. The van der Waals surface area contributed by atoms with Gasteiger partial charge in [-0.1, -0.05) is 44.2 Å². The summed E-state index contributed by atoms with van der Waals surface area (Å²) in [5, 5.41) is 0. The largest absolute Gasteiger partial charge is 0.465 e. The molecule has 3 nitrogen and oxygen atoms in total. The normalized spacial score (nSPS) is 30.9. The van der Waals surface area contributed by atoms with Crippen LogP contribution in [0.1, 0.15) is 46.1 Å². The van der Waals surface area contributed by atoms with Crippen LogP contribution in [0.15, 0.2) is 30.3 Å². The third kappa shape index (κ3) is 1.47. The Labute approximate surface area is 121 Å². The second kappa shape index (κ2) is 4.88. The van der Waals surface area contributed by atoms with E-state index in [1.807, 2.05) is 44.2 Å². The molecule has 110 valence electrons. The van der Waals surface area contributed by atoms with Gasteiger partial charge in [-0.25, -0.2) is 0 Å². The first-order valence-electron chi connectivity index (χ1n) is 7.47. The van der Waals surface area contributed by atoms with Crippen molar-refractivity contribution in [3.8, 4) is 0 Å². The number of rotatable bonds is 5. The summed E-state index contributed by atoms with van der Waals surface area (Å²) in [7, 11) is 0. The zero-order valence-electron chi connectivity index (χ0n) is 12.9. The predicted octanol–water partition coefficient (Wildman–Crippen LogP) is 3.02. The van der Waals surface area contributed by atoms with Crippen LogP contribution in [0, 0.1) is 5.41 Å². The maximum absolute atomic E-state index is 12.8. The molecular formula is C17H25NO2. The molecule has 0 aromatic heterocycles. The number of benzene rings is 1. The molecule has 20 heavy (non-hydrogen) atoms. The van der Waals surface area contributed by atoms with Crippen molar-refractivity contribution in [2.45, 2.75) is 51.5 Å². The van der Waals surface area contributed by atoms with Crippen molar-refractivity contribution in [1.82, 2.24) is 0 Å². The van der Waals surface area contributed by atoms with Gasteiger partial charge in [-0.15, -0.1) is 0 Å². The van der Waals surface area contributed by atoms with Crippen molar-refractivity contribution < 1.29 is 9.53 Å². The summed E-state index contributed by atoms with van der Waals surface area (Å²) in [5.41, 5.74) is 6.06. The number of hydrogen-bond donors (Lipinski definition) is 1. The van der Waals surface area contributed by atoms with E-state index in [0.717, 1.165) is 18.4 Å². The van der Waals surface area contributed by atoms with Crippen molar-refractivity contribution >= 4 is 5.97 Å². The lowest BCUT2D eigenvalue weighted by molar-refractivity contribution is -0.148. The second-order valence-corrected chi connectivity index (χ2v) is 5.83. The van der Waals surface area contributed by atoms with E-state index >= 15 is 0 Å². The van der Waals surface area contributed by atoms with E-state index in [2.05, 4.69) is 13.8 Å². The highest BCUT2D eigenvalue weighted by Gasteiger charge is 2.86. The van der Waals surface area contributed by atoms with E-state index in [1.54, 1.807) is 0 Å². The maximum atomic E-state index is 12.8. The Morgan fingerprint density at radius 1 is 1.15 bits per heavy atom. The zero-order chi connectivity index (χ0) is 15.0. The molecule has 0 bridgehead atoms. The first-order valence-corrected chi connectivity index (χ1v) is 7.47. The molecule has 1 saturated carbocycles. The van der Waals surface area contributed by atoms with Crippen LogP contribution in [-0.4, -0.2) is 18.1 Å². The van der Waals surface area contributed by atoms with Crippen LogP contribution in [0.3, 0.4) is 0 Å². The summed E-state index contributed by atoms with van der Waals surface area (Å²) in [5.74, 6) is -0.181. The van der Waals surface area contributed by atoms with Gasteiger partial charge < -0.3 is 10.5 Å². The predicted molar refractivity (Wildman–Crippen MR) is 80.4 cm³/mol. The fraction of sp³-hybridized carbons (Fsp3) is 0.588. The van der Waals surface area contributed by atoms with Crippen LogP contribution in [0.25, 0.3) is 0 Å². The van der Waals surface area contributed by atoms with Crippen LogP contribution in [0.4, 0.5) is 0 Å². The van der Waals surface area contributed by atoms with E-state index in [9.17, 15) is 4.79 Å². The van der Waals surface area contributed by atoms with Crippen molar-refractivity contribution in [3.63, 3.8) is 0 Å². The van der Waals surface area contributed by atoms with Gasteiger partial charge in [0.15, 0.2) is 0 Å². The monoisotopic (exact) mass is 275 g/mol. The second-order valence-electron chi connectivity index (χ2n) is 5.83. The zero-order valence-corrected chi connectivity index (χ0v) is 12.9. The van der Waals surface area contributed by atoms with Crippen molar-refractivity contribution in [2.24, 2.45) is 11.1 Å². The van der Waals surface area contributed by atoms with Gasteiger partial charge in [0.25, 0.3) is 0 Å². The molecule has 2 atom stereocenters. The van der Waals surface area contributed by atoms with E-state index in [4.69, 9.17) is 10.5 Å². The number of hydrogen-bond acceptors (Lipinski definition) is 3. The minimum atomic E-state index is -0.721. The highest BCUT2D eigenvalue weighted by atomic mass is 16.5. The van der Waals surface area contributed by atoms with Crippen LogP contribution in [-0.2, 0) is 14.9 Å². The van der Waals surface area contributed by atoms with Crippen molar-refractivity contribution in [1.29, 1.82) is 0 Å². The molecule has 1 aromatic rings. The lowest BCUT2D eigenvalue weighted by Gasteiger charge is -2.22. The molecule has 1 fully saturated rings. The molecule has 1 aliphatic carbocycles. The number of ether oxygens (including phenoxy) is 1. The van der Waals surface area contributed by atoms with Crippen LogP contribution in [0.5, 0.6) is 0 Å². The molecule has 0 heterocycles. The average molecular weight is 275 g/mol. The van der Waals surface area contributed by atoms with Crippen LogP contribution >= 0.6 is 0 Å². The molecule has 2 N–H and O–H groups in total. The average Bonchev–Trinajstić information content (AvgIpc) is 2.91. The molecule has 3 heteroatoms. The Kier molecular flexibility index (Phi) is 3.67. The van der Waals surface area contributed by atoms with Crippen LogP contribution in [0.2, 0.25) is 0 Å². The first-order chi connectivity index (χ1) is 9.46. The maximum Gasteiger partial charge on any atom is 0.319 e. The summed E-state index contributed by atoms with van der Waals surface area (Å²) < 4.78 is 5.40. The van der Waals surface area contributed by atoms with E-state index < -0.39 is 11.0 Å². The topological polar surface area (TPSA) is 52.3 Å². The Balaban J connectivity index is 2.62. The molecule has 0 aliphatic heterocycles. The van der Waals surface area contributed by atoms with Crippen molar-refractivity contribution in [3.05, 3.63) is 35.9 Å². The third-order valence-corrected chi connectivity index (χ3v) is 5.42. The molecule has 0 spiro atoms. The molecule has 2 unspecified atom stereocenters. The fourth-order valence-electron chi connectivity index (χ4n) is 4.45. The molecule has 0 radical (unpaired) electrons. The van der Waals surface area contributed by atoms with Gasteiger partial charge in [-0.2, -0.15) is 0 Å². The Morgan fingerprint density at radius 2 is 1.70 bits per heavy atom. The molecule has 1 aromatic carbocycles. The van der Waals surface area contributed by atoms with Gasteiger partial charge >= 0.3 is 5.97 Å². The van der Waals surface area contributed by atoms with Gasteiger partial charge in [0.05, 0.1) is 6.61 Å². The number of carbonyl (C=O) groups excluding carboxylic acids is 1. The van der Waals surface area contributed by atoms with Gasteiger partial charge in [0.1, 0.15) is 5.41 Å². The van der Waals surface area contributed by atoms with E-state index in [0.29, 0.717) is 6.61 Å². The van der Waals surface area contributed by atoms with Gasteiger partial charge in [0.2, 0.25) is 0 Å². The summed E-state index contributed by atoms with van der Waals surface area (Å²) >= 11 is 0. The highest BCUT2D eigenvalue weighted by molar-refractivity contribution is 5.93. The third-order valence-electron chi connectivity index (χ3n) is 5.42. The molecule has 1 aliphatic rings. The number of esters is 1. The van der Waals surface area contributed by atoms with Gasteiger partial charge in [0, 0.05) is 11.0 Å². The van der Waals surface area contributed by atoms with Crippen molar-refractivity contribution in [2.75, 3.05) is 6.61 Å². The SMILES string of the molecule is CCOC(=O)C1(c2ccccc2)C(C)(N)C1(CC)CC. The quantitative estimate of drug-likeness (QED) is 0.840. The smallest absolute Gasteiger partial charge is 0.319 e. The minimum Gasteiger partial charge on any atom is -0.465 e. The van der Waals surface area contributed by atoms with Gasteiger partial charge in [-0.3, -0.25) is 4.79 Å². The molecule has 0 saturated heterocycles. The Hall–Kier alpha value is -1.35. The Bertz CT molecular complexity index is 491. The summed E-state index contributed by atoms with van der Waals surface area (Å²) in [6.45, 7) is 8.43. The minimum absolute atomic E-state index is 0.181. The summed E-state index contributed by atoms with van der Waals surface area (Å²) in [4.78, 5) is 12.8. The first kappa shape index (κ1) is 15.0. The summed E-state index contributed by atoms with van der Waals surface area (Å²) in [6.07, 6.45) is 1.73. The lowest BCUT2D eigenvalue weighted by Crippen LogP contribution is -2.37. The molecule has 2 rings (SSSR count). The molecular weight excluding hydrogens is 250 g/mol. The van der Waals surface area contributed by atoms with Crippen LogP contribution < -0.4 is 5.73 Å². The standard InChI is InChI=1S/C17H25NO2/c1-5-16(6-2)15(4,18)17(16,14(19)20-7-3)13-11-9-8-10-12-13/h8-12H,5-7,18H2,1-4H3.